The van der Waals surface area contributed by atoms with Crippen LogP contribution >= 0.6 is 11.8 Å². The van der Waals surface area contributed by atoms with Crippen LogP contribution in [0.2, 0.25) is 0 Å². The number of amides is 1. The highest BCUT2D eigenvalue weighted by Gasteiger charge is 2.69. The van der Waals surface area contributed by atoms with Gasteiger partial charge in [-0.3, -0.25) is 24.6 Å². The van der Waals surface area contributed by atoms with Gasteiger partial charge in [0.05, 0.1) is 10.8 Å². The van der Waals surface area contributed by atoms with Crippen molar-refractivity contribution in [2.24, 2.45) is 5.92 Å². The molecule has 3 aromatic rings. The van der Waals surface area contributed by atoms with Gasteiger partial charge in [-0.25, -0.2) is 4.39 Å². The van der Waals surface area contributed by atoms with E-state index in [4.69, 9.17) is 0 Å². The molecule has 0 aromatic heterocycles. The molecule has 4 atom stereocenters. The molecule has 9 heteroatoms. The average Bonchev–Trinajstić information content (AvgIpc) is 3.53. The normalized spacial score (nSPS) is 27.0. The minimum atomic E-state index is -1.38. The number of non-ortho nitro benzene ring substituents is 1. The number of ketones is 1. The third-order valence-corrected chi connectivity index (χ3v) is 8.45. The number of nitrogens with one attached hydrogen (secondary N) is 1. The van der Waals surface area contributed by atoms with E-state index in [1.807, 2.05) is 11.0 Å². The SMILES string of the molecule is O=C(c1ccccc1)C1C(c2ccc([N+](=O)[O-])cc2)C2CSCN2[C@@]12C(=O)Nc1ccc(F)cc12. The quantitative estimate of drug-likeness (QED) is 0.328. The van der Waals surface area contributed by atoms with E-state index in [2.05, 4.69) is 5.32 Å². The lowest BCUT2D eigenvalue weighted by Gasteiger charge is -2.36. The largest absolute Gasteiger partial charge is 0.324 e. The fourth-order valence-electron chi connectivity index (χ4n) is 6.02. The maximum absolute atomic E-state index is 14.5. The van der Waals surface area contributed by atoms with Crippen LogP contribution in [0.25, 0.3) is 0 Å². The van der Waals surface area contributed by atoms with Crippen LogP contribution in [0.4, 0.5) is 15.8 Å². The summed E-state index contributed by atoms with van der Waals surface area (Å²) >= 11 is 1.66. The molecule has 0 aliphatic carbocycles. The maximum atomic E-state index is 14.5. The van der Waals surface area contributed by atoms with E-state index in [-0.39, 0.29) is 23.4 Å². The molecular weight excluding hydrogens is 469 g/mol. The number of nitrogens with zero attached hydrogens (tertiary/aromatic N) is 2. The number of nitro groups is 1. The average molecular weight is 490 g/mol. The Hall–Kier alpha value is -3.56. The number of rotatable bonds is 4. The zero-order chi connectivity index (χ0) is 24.3. The van der Waals surface area contributed by atoms with Crippen molar-refractivity contribution in [3.63, 3.8) is 0 Å². The van der Waals surface area contributed by atoms with Crippen molar-refractivity contribution in [3.8, 4) is 0 Å². The van der Waals surface area contributed by atoms with E-state index in [0.29, 0.717) is 28.4 Å². The molecule has 3 unspecified atom stereocenters. The van der Waals surface area contributed by atoms with Gasteiger partial charge < -0.3 is 5.32 Å². The Bertz CT molecular complexity index is 1370. The van der Waals surface area contributed by atoms with Gasteiger partial charge in [0.25, 0.3) is 5.69 Å². The van der Waals surface area contributed by atoms with Gasteiger partial charge in [-0.1, -0.05) is 42.5 Å². The standard InChI is InChI=1S/C26H20FN3O4S/c27-17-8-11-20-19(12-17)26(25(32)28-20)23(24(31)16-4-2-1-3-5-16)22(21-13-35-14-29(21)26)15-6-9-18(10-7-15)30(33)34/h1-12,21-23H,13-14H2,(H,28,32)/t21?,22?,23?,26-/m1/s1. The summed E-state index contributed by atoms with van der Waals surface area (Å²) in [5, 5.41) is 14.1. The van der Waals surface area contributed by atoms with Gasteiger partial charge in [0.2, 0.25) is 5.91 Å². The van der Waals surface area contributed by atoms with Gasteiger partial charge in [-0.2, -0.15) is 0 Å². The van der Waals surface area contributed by atoms with Gasteiger partial charge in [-0.15, -0.1) is 11.8 Å². The molecule has 2 fully saturated rings. The molecule has 0 radical (unpaired) electrons. The number of halogens is 1. The van der Waals surface area contributed by atoms with Crippen LogP contribution in [0.5, 0.6) is 0 Å². The lowest BCUT2D eigenvalue weighted by Crippen LogP contribution is -2.52. The first-order valence-corrected chi connectivity index (χ1v) is 12.4. The molecule has 35 heavy (non-hydrogen) atoms. The number of anilines is 1. The zero-order valence-electron chi connectivity index (χ0n) is 18.4. The van der Waals surface area contributed by atoms with Crippen LogP contribution in [0.15, 0.2) is 72.8 Å². The molecule has 2 saturated heterocycles. The van der Waals surface area contributed by atoms with Crippen LogP contribution in [0.1, 0.15) is 27.4 Å². The molecule has 0 bridgehead atoms. The van der Waals surface area contributed by atoms with Crippen molar-refractivity contribution >= 4 is 34.8 Å². The van der Waals surface area contributed by atoms with Crippen molar-refractivity contribution in [2.75, 3.05) is 16.9 Å². The number of benzene rings is 3. The van der Waals surface area contributed by atoms with Crippen molar-refractivity contribution in [2.45, 2.75) is 17.5 Å². The van der Waals surface area contributed by atoms with Gasteiger partial charge >= 0.3 is 0 Å². The highest BCUT2D eigenvalue weighted by Crippen LogP contribution is 2.61. The number of Topliss-reactive ketones (excluding diaryl/α,β-unsaturated/α-hetero) is 1. The summed E-state index contributed by atoms with van der Waals surface area (Å²) in [7, 11) is 0. The number of carbonyl (C=O) groups is 2. The Labute approximate surface area is 204 Å². The summed E-state index contributed by atoms with van der Waals surface area (Å²) in [5.74, 6) is -1.10. The van der Waals surface area contributed by atoms with Gasteiger partial charge in [0.15, 0.2) is 5.78 Å². The fraction of sp³-hybridized carbons (Fsp3) is 0.231. The molecule has 1 amide bonds. The Morgan fingerprint density at radius 2 is 1.86 bits per heavy atom. The van der Waals surface area contributed by atoms with E-state index in [9.17, 15) is 24.1 Å². The van der Waals surface area contributed by atoms with Crippen LogP contribution in [-0.4, -0.2) is 39.2 Å². The van der Waals surface area contributed by atoms with Crippen molar-refractivity contribution in [3.05, 3.63) is 105 Å². The van der Waals surface area contributed by atoms with Gasteiger partial charge in [-0.05, 0) is 23.8 Å². The topological polar surface area (TPSA) is 92.5 Å². The first kappa shape index (κ1) is 21.9. The molecule has 3 aromatic carbocycles. The molecule has 1 spiro atoms. The van der Waals surface area contributed by atoms with Gasteiger partial charge in [0.1, 0.15) is 11.4 Å². The zero-order valence-corrected chi connectivity index (χ0v) is 19.2. The van der Waals surface area contributed by atoms with Crippen LogP contribution in [0.3, 0.4) is 0 Å². The number of carbonyl (C=O) groups excluding carboxylic acids is 2. The first-order chi connectivity index (χ1) is 16.9. The Morgan fingerprint density at radius 3 is 2.57 bits per heavy atom. The lowest BCUT2D eigenvalue weighted by molar-refractivity contribution is -0.384. The smallest absolute Gasteiger partial charge is 0.269 e. The van der Waals surface area contributed by atoms with Crippen LogP contribution in [0, 0.1) is 21.8 Å². The molecule has 0 saturated carbocycles. The minimum Gasteiger partial charge on any atom is -0.324 e. The number of thioether (sulfide) groups is 1. The van der Waals surface area contributed by atoms with Crippen LogP contribution in [-0.2, 0) is 10.3 Å². The first-order valence-electron chi connectivity index (χ1n) is 11.2. The molecule has 3 aliphatic rings. The number of fused-ring (bicyclic) bond motifs is 4. The maximum Gasteiger partial charge on any atom is 0.269 e. The van der Waals surface area contributed by atoms with E-state index >= 15 is 0 Å². The number of hydrogen-bond donors (Lipinski definition) is 1. The third-order valence-electron chi connectivity index (χ3n) is 7.41. The second kappa shape index (κ2) is 8.00. The highest BCUT2D eigenvalue weighted by atomic mass is 32.2. The molecule has 3 aliphatic heterocycles. The van der Waals surface area contributed by atoms with Crippen molar-refractivity contribution in [1.29, 1.82) is 0 Å². The summed E-state index contributed by atoms with van der Waals surface area (Å²) in [6, 6.07) is 19.0. The minimum absolute atomic E-state index is 0.0453. The molecule has 176 valence electrons. The predicted octanol–water partition coefficient (Wildman–Crippen LogP) is 4.55. The fourth-order valence-corrected chi connectivity index (χ4v) is 7.35. The second-order valence-corrected chi connectivity index (χ2v) is 10.0. The molecular formula is C26H20FN3O4S. The monoisotopic (exact) mass is 489 g/mol. The summed E-state index contributed by atoms with van der Waals surface area (Å²) < 4.78 is 14.5. The van der Waals surface area contributed by atoms with Crippen molar-refractivity contribution in [1.82, 2.24) is 4.90 Å². The van der Waals surface area contributed by atoms with Crippen molar-refractivity contribution < 1.29 is 18.9 Å². The molecule has 7 nitrogen and oxygen atoms in total. The van der Waals surface area contributed by atoms with Gasteiger partial charge in [0, 0.05) is 52.5 Å². The Morgan fingerprint density at radius 1 is 1.11 bits per heavy atom. The predicted molar refractivity (Wildman–Crippen MR) is 130 cm³/mol. The third kappa shape index (κ3) is 3.08. The Kier molecular flexibility index (Phi) is 5.01. The summed E-state index contributed by atoms with van der Waals surface area (Å²) in [6.45, 7) is 0. The van der Waals surface area contributed by atoms with E-state index in [1.54, 1.807) is 54.2 Å². The van der Waals surface area contributed by atoms with E-state index in [0.717, 1.165) is 5.56 Å². The second-order valence-electron chi connectivity index (χ2n) is 9.03. The Balaban J connectivity index is 1.60. The molecule has 1 N–H and O–H groups in total. The molecule has 6 rings (SSSR count). The molecule has 3 heterocycles. The summed E-state index contributed by atoms with van der Waals surface area (Å²) in [5.41, 5.74) is 0.754. The lowest BCUT2D eigenvalue weighted by atomic mass is 9.69. The summed E-state index contributed by atoms with van der Waals surface area (Å²) in [4.78, 5) is 40.9. The van der Waals surface area contributed by atoms with E-state index in [1.165, 1.54) is 24.3 Å². The van der Waals surface area contributed by atoms with E-state index < -0.39 is 28.1 Å². The summed E-state index contributed by atoms with van der Waals surface area (Å²) in [6.07, 6.45) is 0. The highest BCUT2D eigenvalue weighted by molar-refractivity contribution is 7.99. The van der Waals surface area contributed by atoms with Crippen LogP contribution < -0.4 is 5.32 Å². The number of nitro benzene ring substituents is 1. The number of hydrogen-bond acceptors (Lipinski definition) is 6.